The molecule has 2 nitrogen and oxygen atoms in total. The van der Waals surface area contributed by atoms with Gasteiger partial charge in [-0.05, 0) is 43.5 Å². The van der Waals surface area contributed by atoms with E-state index in [1.54, 1.807) is 0 Å². The summed E-state index contributed by atoms with van der Waals surface area (Å²) in [7, 11) is 0. The van der Waals surface area contributed by atoms with Crippen molar-refractivity contribution in [3.63, 3.8) is 0 Å². The lowest BCUT2D eigenvalue weighted by molar-refractivity contribution is 0.340. The second-order valence-corrected chi connectivity index (χ2v) is 3.47. The highest BCUT2D eigenvalue weighted by molar-refractivity contribution is 5.36. The van der Waals surface area contributed by atoms with Crippen molar-refractivity contribution in [1.29, 1.82) is 0 Å². The molecular weight excluding hydrogens is 174 g/mol. The van der Waals surface area contributed by atoms with Crippen LogP contribution in [0.25, 0.3) is 0 Å². The number of benzene rings is 1. The van der Waals surface area contributed by atoms with Crippen LogP contribution in [0.15, 0.2) is 18.2 Å². The van der Waals surface area contributed by atoms with Crippen LogP contribution in [0.4, 0.5) is 0 Å². The van der Waals surface area contributed by atoms with Crippen LogP contribution >= 0.6 is 0 Å². The molecular formula is C12H19NO. The van der Waals surface area contributed by atoms with E-state index in [1.165, 1.54) is 11.1 Å². The van der Waals surface area contributed by atoms with E-state index in [0.29, 0.717) is 6.61 Å². The Balaban J connectivity index is 2.89. The van der Waals surface area contributed by atoms with Gasteiger partial charge in [0.05, 0.1) is 6.61 Å². The Morgan fingerprint density at radius 3 is 2.57 bits per heavy atom. The fraction of sp³-hybridized carbons (Fsp3) is 0.500. The molecule has 1 aromatic rings. The van der Waals surface area contributed by atoms with Crippen LogP contribution in [0.2, 0.25) is 0 Å². The Bertz CT molecular complexity index is 296. The van der Waals surface area contributed by atoms with Gasteiger partial charge in [-0.25, -0.2) is 0 Å². The average Bonchev–Trinajstić information content (AvgIpc) is 2.17. The Hall–Kier alpha value is -1.02. The predicted octanol–water partition coefficient (Wildman–Crippen LogP) is 2.80. The Kier molecular flexibility index (Phi) is 3.96. The molecule has 0 aliphatic rings. The van der Waals surface area contributed by atoms with E-state index in [-0.39, 0.29) is 6.04 Å². The van der Waals surface area contributed by atoms with E-state index < -0.39 is 0 Å². The van der Waals surface area contributed by atoms with Gasteiger partial charge in [0.25, 0.3) is 0 Å². The summed E-state index contributed by atoms with van der Waals surface area (Å²) in [6.45, 7) is 6.87. The molecule has 1 rings (SSSR count). The normalized spacial score (nSPS) is 12.6. The number of hydrogen-bond acceptors (Lipinski definition) is 2. The van der Waals surface area contributed by atoms with Gasteiger partial charge in [0.1, 0.15) is 5.75 Å². The van der Waals surface area contributed by atoms with Crippen molar-refractivity contribution < 1.29 is 4.74 Å². The van der Waals surface area contributed by atoms with Gasteiger partial charge in [-0.3, -0.25) is 0 Å². The molecule has 2 heteroatoms. The summed E-state index contributed by atoms with van der Waals surface area (Å²) < 4.78 is 5.41. The summed E-state index contributed by atoms with van der Waals surface area (Å²) in [5, 5.41) is 0. The number of rotatable bonds is 4. The summed E-state index contributed by atoms with van der Waals surface area (Å²) >= 11 is 0. The van der Waals surface area contributed by atoms with E-state index in [1.807, 2.05) is 19.1 Å². The minimum absolute atomic E-state index is 0.144. The zero-order valence-corrected chi connectivity index (χ0v) is 9.21. The molecule has 0 bridgehead atoms. The molecule has 14 heavy (non-hydrogen) atoms. The lowest BCUT2D eigenvalue weighted by Gasteiger charge is -2.13. The summed E-state index contributed by atoms with van der Waals surface area (Å²) in [4.78, 5) is 0. The molecule has 0 saturated heterocycles. The molecule has 0 fully saturated rings. The van der Waals surface area contributed by atoms with Crippen LogP contribution < -0.4 is 10.5 Å². The van der Waals surface area contributed by atoms with Crippen molar-refractivity contribution in [3.8, 4) is 5.75 Å². The highest BCUT2D eigenvalue weighted by Gasteiger charge is 2.07. The monoisotopic (exact) mass is 193 g/mol. The van der Waals surface area contributed by atoms with Gasteiger partial charge in [-0.1, -0.05) is 13.0 Å². The van der Waals surface area contributed by atoms with E-state index >= 15 is 0 Å². The number of hydrogen-bond donors (Lipinski definition) is 1. The van der Waals surface area contributed by atoms with Gasteiger partial charge in [-0.2, -0.15) is 0 Å². The standard InChI is InChI=1S/C12H19NO/c1-4-12(13)11-7-6-10(14-5-2)8-9(11)3/h6-8,12H,4-5,13H2,1-3H3. The van der Waals surface area contributed by atoms with Crippen LogP contribution in [0, 0.1) is 6.92 Å². The van der Waals surface area contributed by atoms with Gasteiger partial charge >= 0.3 is 0 Å². The maximum absolute atomic E-state index is 5.98. The fourth-order valence-electron chi connectivity index (χ4n) is 1.54. The van der Waals surface area contributed by atoms with Crippen molar-refractivity contribution in [2.45, 2.75) is 33.2 Å². The van der Waals surface area contributed by atoms with Gasteiger partial charge in [0.15, 0.2) is 0 Å². The van der Waals surface area contributed by atoms with Crippen molar-refractivity contribution in [1.82, 2.24) is 0 Å². The summed E-state index contributed by atoms with van der Waals surface area (Å²) in [5.41, 5.74) is 8.41. The second-order valence-electron chi connectivity index (χ2n) is 3.47. The SMILES string of the molecule is CCOc1ccc(C(N)CC)c(C)c1. The molecule has 0 aromatic heterocycles. The third-order valence-electron chi connectivity index (χ3n) is 2.39. The molecule has 0 aliphatic heterocycles. The first kappa shape index (κ1) is 11.1. The molecule has 0 aliphatic carbocycles. The minimum atomic E-state index is 0.144. The highest BCUT2D eigenvalue weighted by Crippen LogP contribution is 2.22. The molecule has 0 heterocycles. The van der Waals surface area contributed by atoms with Crippen molar-refractivity contribution in [3.05, 3.63) is 29.3 Å². The lowest BCUT2D eigenvalue weighted by Crippen LogP contribution is -2.10. The van der Waals surface area contributed by atoms with E-state index in [0.717, 1.165) is 12.2 Å². The second kappa shape index (κ2) is 5.01. The zero-order valence-electron chi connectivity index (χ0n) is 9.21. The third kappa shape index (κ3) is 2.48. The third-order valence-corrected chi connectivity index (χ3v) is 2.39. The van der Waals surface area contributed by atoms with Crippen LogP contribution in [-0.2, 0) is 0 Å². The topological polar surface area (TPSA) is 35.2 Å². The van der Waals surface area contributed by atoms with Crippen LogP contribution in [0.3, 0.4) is 0 Å². The first-order valence-electron chi connectivity index (χ1n) is 5.18. The van der Waals surface area contributed by atoms with Crippen molar-refractivity contribution >= 4 is 0 Å². The molecule has 0 saturated carbocycles. The van der Waals surface area contributed by atoms with Crippen LogP contribution in [-0.4, -0.2) is 6.61 Å². The molecule has 0 spiro atoms. The van der Waals surface area contributed by atoms with Gasteiger partial charge in [-0.15, -0.1) is 0 Å². The number of nitrogens with two attached hydrogens (primary N) is 1. The Labute approximate surface area is 86.1 Å². The predicted molar refractivity (Wildman–Crippen MR) is 59.6 cm³/mol. The summed E-state index contributed by atoms with van der Waals surface area (Å²) in [5.74, 6) is 0.928. The van der Waals surface area contributed by atoms with E-state index in [9.17, 15) is 0 Å². The minimum Gasteiger partial charge on any atom is -0.494 e. The van der Waals surface area contributed by atoms with Gasteiger partial charge < -0.3 is 10.5 Å². The molecule has 1 atom stereocenters. The quantitative estimate of drug-likeness (QED) is 0.798. The van der Waals surface area contributed by atoms with Crippen LogP contribution in [0.1, 0.15) is 37.4 Å². The summed E-state index contributed by atoms with van der Waals surface area (Å²) in [6.07, 6.45) is 0.967. The maximum atomic E-state index is 5.98. The fourth-order valence-corrected chi connectivity index (χ4v) is 1.54. The highest BCUT2D eigenvalue weighted by atomic mass is 16.5. The smallest absolute Gasteiger partial charge is 0.119 e. The number of ether oxygens (including phenoxy) is 1. The van der Waals surface area contributed by atoms with E-state index in [4.69, 9.17) is 10.5 Å². The molecule has 2 N–H and O–H groups in total. The van der Waals surface area contributed by atoms with Crippen LogP contribution in [0.5, 0.6) is 5.75 Å². The van der Waals surface area contributed by atoms with Crippen molar-refractivity contribution in [2.24, 2.45) is 5.73 Å². The van der Waals surface area contributed by atoms with Gasteiger partial charge in [0, 0.05) is 6.04 Å². The molecule has 0 amide bonds. The van der Waals surface area contributed by atoms with Gasteiger partial charge in [0.2, 0.25) is 0 Å². The first-order chi connectivity index (χ1) is 6.69. The lowest BCUT2D eigenvalue weighted by atomic mass is 10.00. The largest absolute Gasteiger partial charge is 0.494 e. The number of aryl methyl sites for hydroxylation is 1. The molecule has 1 unspecified atom stereocenters. The average molecular weight is 193 g/mol. The Morgan fingerprint density at radius 1 is 1.36 bits per heavy atom. The summed E-state index contributed by atoms with van der Waals surface area (Å²) in [6, 6.07) is 6.25. The maximum Gasteiger partial charge on any atom is 0.119 e. The molecule has 0 radical (unpaired) electrons. The first-order valence-corrected chi connectivity index (χ1v) is 5.18. The molecule has 78 valence electrons. The van der Waals surface area contributed by atoms with E-state index in [2.05, 4.69) is 19.9 Å². The zero-order chi connectivity index (χ0) is 10.6. The van der Waals surface area contributed by atoms with Crippen molar-refractivity contribution in [2.75, 3.05) is 6.61 Å². The Morgan fingerprint density at radius 2 is 2.07 bits per heavy atom. The molecule has 1 aromatic carbocycles.